The van der Waals surface area contributed by atoms with E-state index < -0.39 is 21.6 Å². The molecule has 0 N–H and O–H groups in total. The minimum atomic E-state index is -4.54. The Morgan fingerprint density at radius 2 is 1.47 bits per heavy atom. The zero-order valence-electron chi connectivity index (χ0n) is 17.3. The lowest BCUT2D eigenvalue weighted by Gasteiger charge is -2.14. The molecule has 3 aromatic carbocycles. The van der Waals surface area contributed by atoms with Crippen molar-refractivity contribution in [3.63, 3.8) is 0 Å². The second-order valence-corrected chi connectivity index (χ2v) is 9.44. The summed E-state index contributed by atoms with van der Waals surface area (Å²) in [5, 5.41) is 0.305. The zero-order valence-corrected chi connectivity index (χ0v) is 18.1. The van der Waals surface area contributed by atoms with Gasteiger partial charge >= 0.3 is 6.18 Å². The van der Waals surface area contributed by atoms with Crippen LogP contribution in [0, 0.1) is 0 Å². The number of sulfone groups is 1. The monoisotopic (exact) mass is 456 g/mol. The second-order valence-electron chi connectivity index (χ2n) is 7.42. The third kappa shape index (κ3) is 4.23. The molecule has 0 unspecified atom stereocenters. The number of fused-ring (bicyclic) bond motifs is 1. The first-order valence-corrected chi connectivity index (χ1v) is 11.7. The fourth-order valence-corrected chi connectivity index (χ4v) is 4.22. The zero-order chi connectivity index (χ0) is 23.1. The van der Waals surface area contributed by atoms with Crippen LogP contribution in [0.3, 0.4) is 0 Å². The van der Waals surface area contributed by atoms with Gasteiger partial charge in [-0.1, -0.05) is 49.4 Å². The van der Waals surface area contributed by atoms with Gasteiger partial charge in [0, 0.05) is 23.6 Å². The van der Waals surface area contributed by atoms with Gasteiger partial charge in [-0.3, -0.25) is 0 Å². The molecule has 0 bridgehead atoms. The number of halogens is 3. The van der Waals surface area contributed by atoms with Gasteiger partial charge in [0.1, 0.15) is 5.82 Å². The molecular formula is C24H19F3N2O2S. The number of aryl methyl sites for hydroxylation is 1. The number of alkyl halides is 3. The van der Waals surface area contributed by atoms with Crippen molar-refractivity contribution in [1.29, 1.82) is 0 Å². The maximum atomic E-state index is 13.6. The predicted octanol–water partition coefficient (Wildman–Crippen LogP) is 5.95. The molecule has 4 rings (SSSR count). The van der Waals surface area contributed by atoms with E-state index in [1.165, 1.54) is 12.1 Å². The van der Waals surface area contributed by atoms with Crippen molar-refractivity contribution >= 4 is 20.7 Å². The average Bonchev–Trinajstić information content (AvgIpc) is 2.77. The standard InChI is InChI=1S/C24H19F3N2O2S/c1-3-21-28-22(19-11-6-12-20(23(19)29-21)24(25,26)27)17-9-4-7-15(13-17)16-8-5-10-18(14-16)32(2,30)31/h4-14H,3H2,1-2H3. The number of nitrogens with zero attached hydrogens (tertiary/aromatic N) is 2. The van der Waals surface area contributed by atoms with Crippen LogP contribution in [0.4, 0.5) is 13.2 Å². The molecule has 0 aliphatic rings. The van der Waals surface area contributed by atoms with Crippen molar-refractivity contribution in [2.45, 2.75) is 24.4 Å². The maximum Gasteiger partial charge on any atom is 0.418 e. The van der Waals surface area contributed by atoms with Crippen LogP contribution in [0.1, 0.15) is 18.3 Å². The highest BCUT2D eigenvalue weighted by atomic mass is 32.2. The summed E-state index contributed by atoms with van der Waals surface area (Å²) < 4.78 is 64.6. The van der Waals surface area contributed by atoms with E-state index in [2.05, 4.69) is 9.97 Å². The molecular weight excluding hydrogens is 437 g/mol. The fraction of sp³-hybridized carbons (Fsp3) is 0.167. The Balaban J connectivity index is 1.93. The summed E-state index contributed by atoms with van der Waals surface area (Å²) >= 11 is 0. The number of para-hydroxylation sites is 1. The number of benzene rings is 3. The lowest BCUT2D eigenvalue weighted by molar-refractivity contribution is -0.136. The van der Waals surface area contributed by atoms with Crippen LogP contribution in [-0.2, 0) is 22.4 Å². The Morgan fingerprint density at radius 1 is 0.844 bits per heavy atom. The molecule has 32 heavy (non-hydrogen) atoms. The van der Waals surface area contributed by atoms with E-state index in [0.717, 1.165) is 17.9 Å². The van der Waals surface area contributed by atoms with Crippen LogP contribution < -0.4 is 0 Å². The Bertz CT molecular complexity index is 1430. The Labute approximate surface area is 183 Å². The quantitative estimate of drug-likeness (QED) is 0.381. The van der Waals surface area contributed by atoms with Crippen molar-refractivity contribution in [3.8, 4) is 22.4 Å². The molecule has 4 nitrogen and oxygen atoms in total. The number of aromatic nitrogens is 2. The van der Waals surface area contributed by atoms with E-state index in [1.54, 1.807) is 49.4 Å². The first-order chi connectivity index (χ1) is 15.1. The average molecular weight is 456 g/mol. The highest BCUT2D eigenvalue weighted by Gasteiger charge is 2.33. The van der Waals surface area contributed by atoms with Crippen molar-refractivity contribution in [2.24, 2.45) is 0 Å². The van der Waals surface area contributed by atoms with Crippen LogP contribution in [0.25, 0.3) is 33.3 Å². The summed E-state index contributed by atoms with van der Waals surface area (Å²) in [6, 6.07) is 17.6. The van der Waals surface area contributed by atoms with E-state index >= 15 is 0 Å². The van der Waals surface area contributed by atoms with Crippen LogP contribution in [0.5, 0.6) is 0 Å². The van der Waals surface area contributed by atoms with E-state index in [9.17, 15) is 21.6 Å². The molecule has 0 fully saturated rings. The van der Waals surface area contributed by atoms with Crippen molar-refractivity contribution in [3.05, 3.63) is 78.1 Å². The van der Waals surface area contributed by atoms with Gasteiger partial charge < -0.3 is 0 Å². The summed E-state index contributed by atoms with van der Waals surface area (Å²) in [4.78, 5) is 8.89. The molecule has 164 valence electrons. The molecule has 0 radical (unpaired) electrons. The maximum absolute atomic E-state index is 13.6. The van der Waals surface area contributed by atoms with Crippen LogP contribution in [0.15, 0.2) is 71.6 Å². The topological polar surface area (TPSA) is 59.9 Å². The Morgan fingerprint density at radius 3 is 2.12 bits per heavy atom. The van der Waals surface area contributed by atoms with E-state index in [-0.39, 0.29) is 10.4 Å². The Kier molecular flexibility index (Phi) is 5.50. The third-order valence-corrected chi connectivity index (χ3v) is 6.24. The molecule has 1 heterocycles. The predicted molar refractivity (Wildman–Crippen MR) is 118 cm³/mol. The molecule has 0 saturated carbocycles. The lowest BCUT2D eigenvalue weighted by atomic mass is 9.98. The van der Waals surface area contributed by atoms with E-state index in [0.29, 0.717) is 34.5 Å². The summed E-state index contributed by atoms with van der Waals surface area (Å²) in [5.74, 6) is 0.314. The first-order valence-electron chi connectivity index (χ1n) is 9.85. The van der Waals surface area contributed by atoms with Gasteiger partial charge in [-0.2, -0.15) is 13.2 Å². The summed E-state index contributed by atoms with van der Waals surface area (Å²) in [7, 11) is -3.38. The molecule has 4 aromatic rings. The van der Waals surface area contributed by atoms with Gasteiger partial charge in [-0.05, 0) is 35.4 Å². The summed E-state index contributed by atoms with van der Waals surface area (Å²) in [5.41, 5.74) is 1.49. The molecule has 1 aromatic heterocycles. The van der Waals surface area contributed by atoms with Gasteiger partial charge in [0.2, 0.25) is 0 Å². The van der Waals surface area contributed by atoms with Gasteiger partial charge in [-0.25, -0.2) is 18.4 Å². The Hall–Kier alpha value is -3.26. The minimum Gasteiger partial charge on any atom is -0.232 e. The van der Waals surface area contributed by atoms with Crippen LogP contribution >= 0.6 is 0 Å². The van der Waals surface area contributed by atoms with Crippen molar-refractivity contribution in [1.82, 2.24) is 9.97 Å². The molecule has 0 aliphatic carbocycles. The smallest absolute Gasteiger partial charge is 0.232 e. The van der Waals surface area contributed by atoms with Gasteiger partial charge in [0.15, 0.2) is 9.84 Å². The molecule has 0 saturated heterocycles. The molecule has 0 atom stereocenters. The van der Waals surface area contributed by atoms with Crippen molar-refractivity contribution in [2.75, 3.05) is 6.26 Å². The third-order valence-electron chi connectivity index (χ3n) is 5.13. The SMILES string of the molecule is CCc1nc(-c2cccc(-c3cccc(S(C)(=O)=O)c3)c2)c2cccc(C(F)(F)F)c2n1. The highest BCUT2D eigenvalue weighted by molar-refractivity contribution is 7.90. The summed E-state index contributed by atoms with van der Waals surface area (Å²) in [6.07, 6.45) is -3.02. The van der Waals surface area contributed by atoms with Crippen molar-refractivity contribution < 1.29 is 21.6 Å². The van der Waals surface area contributed by atoms with Gasteiger partial charge in [0.25, 0.3) is 0 Å². The number of hydrogen-bond acceptors (Lipinski definition) is 4. The molecule has 0 aliphatic heterocycles. The highest BCUT2D eigenvalue weighted by Crippen LogP contribution is 2.37. The summed E-state index contributed by atoms with van der Waals surface area (Å²) in [6.45, 7) is 1.79. The fourth-order valence-electron chi connectivity index (χ4n) is 3.56. The van der Waals surface area contributed by atoms with E-state index in [1.807, 2.05) is 6.07 Å². The molecule has 0 amide bonds. The normalized spacial score (nSPS) is 12.3. The molecule has 0 spiro atoms. The number of hydrogen-bond donors (Lipinski definition) is 0. The largest absolute Gasteiger partial charge is 0.418 e. The van der Waals surface area contributed by atoms with Crippen LogP contribution in [0.2, 0.25) is 0 Å². The van der Waals surface area contributed by atoms with Gasteiger partial charge in [-0.15, -0.1) is 0 Å². The number of rotatable bonds is 4. The lowest BCUT2D eigenvalue weighted by Crippen LogP contribution is -2.08. The molecule has 8 heteroatoms. The minimum absolute atomic E-state index is 0.133. The van der Waals surface area contributed by atoms with Crippen LogP contribution in [-0.4, -0.2) is 24.6 Å². The van der Waals surface area contributed by atoms with E-state index in [4.69, 9.17) is 0 Å². The van der Waals surface area contributed by atoms with Gasteiger partial charge in [0.05, 0.1) is 21.7 Å². The second kappa shape index (κ2) is 8.02. The first kappa shape index (κ1) is 22.0.